The van der Waals surface area contributed by atoms with Crippen molar-refractivity contribution in [3.63, 3.8) is 0 Å². The smallest absolute Gasteiger partial charge is 0.341 e. The SMILES string of the molecule is CCOc1ccc(N2CCN(c3c(F)cc4c(=O)c(C(=O)O)cn(-c5ccc(CN6CCCC6)cc5)c4c3Cl)CC2)cc1. The number of halogens is 2. The van der Waals surface area contributed by atoms with E-state index in [1.807, 2.05) is 60.4 Å². The number of hydrogen-bond acceptors (Lipinski definition) is 6. The molecule has 0 unspecified atom stereocenters. The summed E-state index contributed by atoms with van der Waals surface area (Å²) >= 11 is 6.96. The molecule has 8 nitrogen and oxygen atoms in total. The van der Waals surface area contributed by atoms with Crippen molar-refractivity contribution in [2.45, 2.75) is 26.3 Å². The van der Waals surface area contributed by atoms with Gasteiger partial charge in [-0.05, 0) is 80.9 Å². The molecule has 2 fully saturated rings. The van der Waals surface area contributed by atoms with E-state index in [4.69, 9.17) is 16.3 Å². The summed E-state index contributed by atoms with van der Waals surface area (Å²) in [6.07, 6.45) is 3.70. The Balaban J connectivity index is 1.34. The second-order valence-corrected chi connectivity index (χ2v) is 11.4. The minimum absolute atomic E-state index is 0.0692. The lowest BCUT2D eigenvalue weighted by atomic mass is 10.1. The molecule has 2 saturated heterocycles. The van der Waals surface area contributed by atoms with Crippen LogP contribution < -0.4 is 20.0 Å². The molecule has 0 bridgehead atoms. The number of nitrogens with zero attached hydrogens (tertiary/aromatic N) is 4. The molecule has 4 aromatic rings. The number of aromatic nitrogens is 1. The minimum atomic E-state index is -1.38. The fourth-order valence-corrected chi connectivity index (χ4v) is 6.52. The van der Waals surface area contributed by atoms with Gasteiger partial charge in [-0.3, -0.25) is 9.69 Å². The molecule has 0 saturated carbocycles. The van der Waals surface area contributed by atoms with Crippen molar-refractivity contribution in [3.05, 3.63) is 93.0 Å². The van der Waals surface area contributed by atoms with Gasteiger partial charge in [0.1, 0.15) is 17.1 Å². The number of carboxylic acid groups (broad SMARTS) is 1. The predicted molar refractivity (Wildman–Crippen MR) is 168 cm³/mol. The molecule has 43 heavy (non-hydrogen) atoms. The molecule has 0 spiro atoms. The zero-order valence-electron chi connectivity index (χ0n) is 24.1. The van der Waals surface area contributed by atoms with Crippen molar-refractivity contribution >= 4 is 39.8 Å². The lowest BCUT2D eigenvalue weighted by Crippen LogP contribution is -2.47. The van der Waals surface area contributed by atoms with E-state index >= 15 is 4.39 Å². The van der Waals surface area contributed by atoms with Gasteiger partial charge < -0.3 is 24.2 Å². The molecule has 0 amide bonds. The summed E-state index contributed by atoms with van der Waals surface area (Å²) in [5.74, 6) is -1.22. The van der Waals surface area contributed by atoms with Crippen LogP contribution in [0.3, 0.4) is 0 Å². The summed E-state index contributed by atoms with van der Waals surface area (Å²) in [5.41, 5.74) is 2.11. The van der Waals surface area contributed by atoms with Crippen molar-refractivity contribution in [2.24, 2.45) is 0 Å². The largest absolute Gasteiger partial charge is 0.494 e. The second-order valence-electron chi connectivity index (χ2n) is 11.0. The number of benzene rings is 3. The third-order valence-electron chi connectivity index (χ3n) is 8.32. The van der Waals surface area contributed by atoms with E-state index in [1.165, 1.54) is 19.0 Å². The molecule has 0 aliphatic carbocycles. The average molecular weight is 605 g/mol. The number of carboxylic acids is 1. The molecular weight excluding hydrogens is 571 g/mol. The molecule has 2 aliphatic rings. The van der Waals surface area contributed by atoms with Gasteiger partial charge in [-0.25, -0.2) is 9.18 Å². The molecule has 1 aromatic heterocycles. The number of anilines is 2. The average Bonchev–Trinajstić information content (AvgIpc) is 3.52. The molecule has 10 heteroatoms. The topological polar surface area (TPSA) is 78.2 Å². The van der Waals surface area contributed by atoms with Crippen LogP contribution in [0.5, 0.6) is 5.75 Å². The number of pyridine rings is 1. The van der Waals surface area contributed by atoms with E-state index in [9.17, 15) is 14.7 Å². The van der Waals surface area contributed by atoms with Gasteiger partial charge >= 0.3 is 5.97 Å². The lowest BCUT2D eigenvalue weighted by molar-refractivity contribution is 0.0695. The van der Waals surface area contributed by atoms with Gasteiger partial charge in [0.25, 0.3) is 0 Å². The van der Waals surface area contributed by atoms with Gasteiger partial charge in [0.2, 0.25) is 5.43 Å². The predicted octanol–water partition coefficient (Wildman–Crippen LogP) is 5.80. The fourth-order valence-electron chi connectivity index (χ4n) is 6.12. The van der Waals surface area contributed by atoms with Gasteiger partial charge in [0.15, 0.2) is 0 Å². The third kappa shape index (κ3) is 5.79. The number of fused-ring (bicyclic) bond motifs is 1. The quantitative estimate of drug-likeness (QED) is 0.272. The number of hydrogen-bond donors (Lipinski definition) is 1. The van der Waals surface area contributed by atoms with Crippen LogP contribution in [0.1, 0.15) is 35.7 Å². The van der Waals surface area contributed by atoms with Crippen molar-refractivity contribution in [3.8, 4) is 11.4 Å². The van der Waals surface area contributed by atoms with Crippen molar-refractivity contribution in [2.75, 3.05) is 55.7 Å². The molecule has 6 rings (SSSR count). The van der Waals surface area contributed by atoms with Crippen LogP contribution in [0.15, 0.2) is 65.6 Å². The first-order chi connectivity index (χ1) is 20.8. The van der Waals surface area contributed by atoms with Crippen LogP contribution in [0.4, 0.5) is 15.8 Å². The van der Waals surface area contributed by atoms with Crippen LogP contribution in [0.25, 0.3) is 16.6 Å². The highest BCUT2D eigenvalue weighted by atomic mass is 35.5. The number of ether oxygens (including phenoxy) is 1. The normalized spacial score (nSPS) is 15.8. The molecular formula is C33H34ClFN4O4. The van der Waals surface area contributed by atoms with Gasteiger partial charge in [0.05, 0.1) is 28.2 Å². The highest BCUT2D eigenvalue weighted by Crippen LogP contribution is 2.37. The molecule has 2 aliphatic heterocycles. The number of carbonyl (C=O) groups is 1. The van der Waals surface area contributed by atoms with Gasteiger partial charge in [-0.15, -0.1) is 0 Å². The standard InChI is InChI=1S/C33H34ClFN4O4/c1-2-43-25-11-9-23(10-12-25)37-15-17-38(18-16-37)31-28(35)19-26-30(29(31)34)39(21-27(32(26)40)33(41)42)24-7-5-22(6-8-24)20-36-13-3-4-14-36/h5-12,19,21H,2-4,13-18,20H2,1H3,(H,41,42). The Kier molecular flexibility index (Phi) is 8.27. The summed E-state index contributed by atoms with van der Waals surface area (Å²) < 4.78 is 22.9. The fraction of sp³-hybridized carbons (Fsp3) is 0.333. The van der Waals surface area contributed by atoms with Crippen molar-refractivity contribution < 1.29 is 19.0 Å². The Bertz CT molecular complexity index is 1690. The Morgan fingerprint density at radius 3 is 2.19 bits per heavy atom. The maximum absolute atomic E-state index is 15.7. The number of aromatic carboxylic acids is 1. The number of likely N-dealkylation sites (tertiary alicyclic amines) is 1. The molecule has 1 N–H and O–H groups in total. The Hall–Kier alpha value is -4.08. The van der Waals surface area contributed by atoms with E-state index in [0.29, 0.717) is 38.5 Å². The lowest BCUT2D eigenvalue weighted by Gasteiger charge is -2.38. The highest BCUT2D eigenvalue weighted by Gasteiger charge is 2.27. The van der Waals surface area contributed by atoms with Gasteiger partial charge in [-0.2, -0.15) is 0 Å². The zero-order valence-corrected chi connectivity index (χ0v) is 24.8. The first kappa shape index (κ1) is 29.0. The zero-order chi connectivity index (χ0) is 30.1. The Labute approximate surface area is 254 Å². The molecule has 0 atom stereocenters. The van der Waals surface area contributed by atoms with E-state index < -0.39 is 22.8 Å². The third-order valence-corrected chi connectivity index (χ3v) is 8.67. The molecule has 3 heterocycles. The first-order valence-electron chi connectivity index (χ1n) is 14.7. The first-order valence-corrected chi connectivity index (χ1v) is 15.1. The highest BCUT2D eigenvalue weighted by molar-refractivity contribution is 6.38. The minimum Gasteiger partial charge on any atom is -0.494 e. The van der Waals surface area contributed by atoms with Crippen LogP contribution >= 0.6 is 11.6 Å². The molecule has 3 aromatic carbocycles. The number of rotatable bonds is 8. The molecule has 224 valence electrons. The summed E-state index contributed by atoms with van der Waals surface area (Å²) in [4.78, 5) is 31.7. The summed E-state index contributed by atoms with van der Waals surface area (Å²) in [6.45, 7) is 7.85. The monoisotopic (exact) mass is 604 g/mol. The van der Waals surface area contributed by atoms with Crippen LogP contribution in [0, 0.1) is 5.82 Å². The summed E-state index contributed by atoms with van der Waals surface area (Å²) in [7, 11) is 0. The Morgan fingerprint density at radius 2 is 1.56 bits per heavy atom. The maximum atomic E-state index is 15.7. The maximum Gasteiger partial charge on any atom is 0.341 e. The molecule has 0 radical (unpaired) electrons. The van der Waals surface area contributed by atoms with Gasteiger partial charge in [-0.1, -0.05) is 23.7 Å². The van der Waals surface area contributed by atoms with E-state index in [0.717, 1.165) is 42.7 Å². The summed E-state index contributed by atoms with van der Waals surface area (Å²) in [5, 5.41) is 9.81. The van der Waals surface area contributed by atoms with Crippen LogP contribution in [-0.4, -0.2) is 66.4 Å². The van der Waals surface area contributed by atoms with Crippen LogP contribution in [0.2, 0.25) is 5.02 Å². The van der Waals surface area contributed by atoms with E-state index in [1.54, 1.807) is 4.57 Å². The number of piperazine rings is 1. The Morgan fingerprint density at radius 1 is 0.930 bits per heavy atom. The van der Waals surface area contributed by atoms with Crippen molar-refractivity contribution in [1.29, 1.82) is 0 Å². The van der Waals surface area contributed by atoms with E-state index in [-0.39, 0.29) is 21.6 Å². The second kappa shape index (κ2) is 12.3. The summed E-state index contributed by atoms with van der Waals surface area (Å²) in [6, 6.07) is 16.8. The van der Waals surface area contributed by atoms with E-state index in [2.05, 4.69) is 9.80 Å². The van der Waals surface area contributed by atoms with Gasteiger partial charge in [0, 0.05) is 50.3 Å². The van der Waals surface area contributed by atoms with Crippen molar-refractivity contribution in [1.82, 2.24) is 9.47 Å². The van der Waals surface area contributed by atoms with Crippen LogP contribution in [-0.2, 0) is 6.54 Å².